The molecule has 1 heterocycles. The topological polar surface area (TPSA) is 94.5 Å². The molecule has 0 radical (unpaired) electrons. The molecule has 0 fully saturated rings. The Morgan fingerprint density at radius 1 is 1.39 bits per heavy atom. The van der Waals surface area contributed by atoms with E-state index in [4.69, 9.17) is 0 Å². The van der Waals surface area contributed by atoms with Crippen LogP contribution in [-0.2, 0) is 0 Å². The molecule has 0 aliphatic heterocycles. The second kappa shape index (κ2) is 5.28. The van der Waals surface area contributed by atoms with Crippen molar-refractivity contribution in [1.82, 2.24) is 4.98 Å². The minimum atomic E-state index is -0.582. The van der Waals surface area contributed by atoms with Gasteiger partial charge in [0.05, 0.1) is 6.21 Å². The van der Waals surface area contributed by atoms with Crippen molar-refractivity contribution in [3.63, 3.8) is 0 Å². The number of benzene rings is 1. The molecule has 0 aliphatic carbocycles. The summed E-state index contributed by atoms with van der Waals surface area (Å²) in [4.78, 5) is 27.9. The van der Waals surface area contributed by atoms with E-state index in [-0.39, 0.29) is 10.8 Å². The van der Waals surface area contributed by atoms with Crippen molar-refractivity contribution in [1.29, 1.82) is 0 Å². The second-order valence-electron chi connectivity index (χ2n) is 3.28. The van der Waals surface area contributed by atoms with Gasteiger partial charge in [-0.25, -0.2) is 9.79 Å². The van der Waals surface area contributed by atoms with Crippen LogP contribution in [0.2, 0.25) is 0 Å². The number of hydrogen-bond acceptors (Lipinski definition) is 4. The summed E-state index contributed by atoms with van der Waals surface area (Å²) in [5, 5.41) is 11.8. The molecule has 0 unspecified atom stereocenters. The fourth-order valence-corrected chi connectivity index (χ4v) is 1.81. The first-order valence-electron chi connectivity index (χ1n) is 4.97. The first-order chi connectivity index (χ1) is 8.65. The first kappa shape index (κ1) is 12.1. The predicted molar refractivity (Wildman–Crippen MR) is 69.7 cm³/mol. The van der Waals surface area contributed by atoms with Gasteiger partial charge in [-0.1, -0.05) is 29.5 Å². The average molecular weight is 263 g/mol. The molecule has 2 aromatic rings. The van der Waals surface area contributed by atoms with E-state index in [2.05, 4.69) is 15.3 Å². The van der Waals surface area contributed by atoms with E-state index in [1.165, 1.54) is 0 Å². The van der Waals surface area contributed by atoms with E-state index in [0.717, 1.165) is 17.6 Å². The Balaban J connectivity index is 2.04. The van der Waals surface area contributed by atoms with E-state index in [1.807, 2.05) is 6.07 Å². The Hall–Kier alpha value is -2.41. The zero-order chi connectivity index (χ0) is 13.0. The molecule has 2 amide bonds. The number of aliphatic imine (C=N–C) groups is 1. The van der Waals surface area contributed by atoms with E-state index in [9.17, 15) is 14.7 Å². The number of H-pyrrole nitrogens is 1. The lowest BCUT2D eigenvalue weighted by atomic mass is 10.3. The van der Waals surface area contributed by atoms with Gasteiger partial charge in [0.1, 0.15) is 4.88 Å². The highest BCUT2D eigenvalue weighted by atomic mass is 32.1. The number of aromatic nitrogens is 1. The number of aromatic hydroxyl groups is 1. The van der Waals surface area contributed by atoms with Gasteiger partial charge in [0.2, 0.25) is 5.88 Å². The van der Waals surface area contributed by atoms with Crippen LogP contribution in [0.25, 0.3) is 0 Å². The molecular weight excluding hydrogens is 254 g/mol. The van der Waals surface area contributed by atoms with E-state index < -0.39 is 10.9 Å². The van der Waals surface area contributed by atoms with Crippen molar-refractivity contribution < 1.29 is 9.90 Å². The number of amides is 2. The number of carbonyl (C=O) groups is 1. The summed E-state index contributed by atoms with van der Waals surface area (Å²) in [5.41, 5.74) is 0.617. The number of urea groups is 1. The smallest absolute Gasteiger partial charge is 0.345 e. The highest BCUT2D eigenvalue weighted by Crippen LogP contribution is 2.12. The lowest BCUT2D eigenvalue weighted by molar-refractivity contribution is 0.259. The summed E-state index contributed by atoms with van der Waals surface area (Å²) >= 11 is 0.772. The standard InChI is InChI=1S/C11H9N3O3S/c15-9-8(18-11(17)14-9)6-12-10(16)13-7-4-2-1-3-5-7/h1-6,15H,(H,13,16)(H,14,17)/b12-6+. The van der Waals surface area contributed by atoms with Gasteiger partial charge in [-0.15, -0.1) is 0 Å². The molecule has 2 rings (SSSR count). The molecular formula is C11H9N3O3S. The van der Waals surface area contributed by atoms with Gasteiger partial charge >= 0.3 is 10.9 Å². The number of anilines is 1. The number of thiazole rings is 1. The van der Waals surface area contributed by atoms with Crippen LogP contribution in [0.5, 0.6) is 5.88 Å². The van der Waals surface area contributed by atoms with Gasteiger partial charge in [0, 0.05) is 5.69 Å². The normalized spacial score (nSPS) is 10.7. The Morgan fingerprint density at radius 3 is 2.72 bits per heavy atom. The molecule has 0 atom stereocenters. The molecule has 0 bridgehead atoms. The maximum Gasteiger partial charge on any atom is 0.345 e. The Labute approximate surface area is 106 Å². The predicted octanol–water partition coefficient (Wildman–Crippen LogP) is 1.79. The van der Waals surface area contributed by atoms with Gasteiger partial charge in [0.25, 0.3) is 0 Å². The summed E-state index contributed by atoms with van der Waals surface area (Å²) in [5.74, 6) is -0.290. The van der Waals surface area contributed by atoms with Gasteiger partial charge in [-0.3, -0.25) is 9.78 Å². The molecule has 0 saturated heterocycles. The molecule has 0 aliphatic rings. The number of nitrogens with zero attached hydrogens (tertiary/aromatic N) is 1. The van der Waals surface area contributed by atoms with Gasteiger partial charge < -0.3 is 10.4 Å². The van der Waals surface area contributed by atoms with Crippen molar-refractivity contribution in [2.75, 3.05) is 5.32 Å². The zero-order valence-corrected chi connectivity index (χ0v) is 9.90. The summed E-state index contributed by atoms with van der Waals surface area (Å²) in [7, 11) is 0. The van der Waals surface area contributed by atoms with Crippen molar-refractivity contribution in [3.8, 4) is 5.88 Å². The first-order valence-corrected chi connectivity index (χ1v) is 5.79. The SMILES string of the molecule is O=C(/N=C/c1sc(=O)[nH]c1O)Nc1ccccc1. The van der Waals surface area contributed by atoms with E-state index >= 15 is 0 Å². The maximum absolute atomic E-state index is 11.4. The van der Waals surface area contributed by atoms with Crippen molar-refractivity contribution in [2.45, 2.75) is 0 Å². The number of rotatable bonds is 2. The third-order valence-corrected chi connectivity index (χ3v) is 2.79. The van der Waals surface area contributed by atoms with Crippen LogP contribution >= 0.6 is 11.3 Å². The number of hydrogen-bond donors (Lipinski definition) is 3. The maximum atomic E-state index is 11.4. The highest BCUT2D eigenvalue weighted by molar-refractivity contribution is 7.11. The fourth-order valence-electron chi connectivity index (χ4n) is 1.21. The van der Waals surface area contributed by atoms with Crippen LogP contribution in [0, 0.1) is 0 Å². The number of aromatic amines is 1. The van der Waals surface area contributed by atoms with E-state index in [0.29, 0.717) is 5.69 Å². The highest BCUT2D eigenvalue weighted by Gasteiger charge is 2.04. The van der Waals surface area contributed by atoms with Crippen LogP contribution in [-0.4, -0.2) is 22.3 Å². The average Bonchev–Trinajstić information content (AvgIpc) is 2.66. The monoisotopic (exact) mass is 263 g/mol. The third-order valence-electron chi connectivity index (χ3n) is 1.98. The number of para-hydroxylation sites is 1. The zero-order valence-electron chi connectivity index (χ0n) is 9.08. The molecule has 0 spiro atoms. The quantitative estimate of drug-likeness (QED) is 0.721. The Morgan fingerprint density at radius 2 is 2.11 bits per heavy atom. The van der Waals surface area contributed by atoms with Crippen LogP contribution in [0.3, 0.4) is 0 Å². The van der Waals surface area contributed by atoms with Gasteiger partial charge in [-0.2, -0.15) is 0 Å². The minimum Gasteiger partial charge on any atom is -0.493 e. The summed E-state index contributed by atoms with van der Waals surface area (Å²) in [6, 6.07) is 8.25. The lowest BCUT2D eigenvalue weighted by Crippen LogP contribution is -2.06. The summed E-state index contributed by atoms with van der Waals surface area (Å²) in [6.45, 7) is 0. The lowest BCUT2D eigenvalue weighted by Gasteiger charge is -1.99. The molecule has 1 aromatic carbocycles. The van der Waals surface area contributed by atoms with Crippen LogP contribution in [0.15, 0.2) is 40.1 Å². The van der Waals surface area contributed by atoms with Crippen molar-refractivity contribution >= 4 is 29.3 Å². The Bertz CT molecular complexity index is 630. The third kappa shape index (κ3) is 3.05. The molecule has 3 N–H and O–H groups in total. The van der Waals surface area contributed by atoms with Crippen LogP contribution in [0.4, 0.5) is 10.5 Å². The van der Waals surface area contributed by atoms with Crippen molar-refractivity contribution in [2.24, 2.45) is 4.99 Å². The largest absolute Gasteiger partial charge is 0.493 e. The molecule has 92 valence electrons. The fraction of sp³-hybridized carbons (Fsp3) is 0. The molecule has 18 heavy (non-hydrogen) atoms. The number of carbonyl (C=O) groups excluding carboxylic acids is 1. The van der Waals surface area contributed by atoms with E-state index in [1.54, 1.807) is 24.3 Å². The van der Waals surface area contributed by atoms with Crippen molar-refractivity contribution in [3.05, 3.63) is 44.9 Å². The molecule has 0 saturated carbocycles. The summed E-state index contributed by atoms with van der Waals surface area (Å²) < 4.78 is 0. The molecule has 1 aromatic heterocycles. The Kier molecular flexibility index (Phi) is 3.54. The van der Waals surface area contributed by atoms with Gasteiger partial charge in [-0.05, 0) is 12.1 Å². The van der Waals surface area contributed by atoms with Crippen LogP contribution in [0.1, 0.15) is 4.88 Å². The molecule has 7 heteroatoms. The summed E-state index contributed by atoms with van der Waals surface area (Å²) in [6.07, 6.45) is 1.14. The number of nitrogens with one attached hydrogen (secondary N) is 2. The second-order valence-corrected chi connectivity index (χ2v) is 4.30. The molecule has 6 nitrogen and oxygen atoms in total. The van der Waals surface area contributed by atoms with Crippen LogP contribution < -0.4 is 10.2 Å². The minimum absolute atomic E-state index is 0.211. The van der Waals surface area contributed by atoms with Gasteiger partial charge in [0.15, 0.2) is 0 Å².